The van der Waals surface area contributed by atoms with Crippen LogP contribution >= 0.6 is 31.9 Å². The molecule has 0 saturated carbocycles. The van der Waals surface area contributed by atoms with E-state index in [0.29, 0.717) is 19.1 Å². The van der Waals surface area contributed by atoms with Crippen LogP contribution in [0.15, 0.2) is 75.7 Å². The van der Waals surface area contributed by atoms with Gasteiger partial charge in [-0.2, -0.15) is 0 Å². The SMILES string of the molecule is Brc1cc(-c2ccc(OCc3ccccc3)cc2)cc(Br)c1OCC1CCOCC1. The highest BCUT2D eigenvalue weighted by atomic mass is 79.9. The summed E-state index contributed by atoms with van der Waals surface area (Å²) >= 11 is 7.36. The van der Waals surface area contributed by atoms with Gasteiger partial charge in [0.05, 0.1) is 15.6 Å². The van der Waals surface area contributed by atoms with Gasteiger partial charge in [0.15, 0.2) is 0 Å². The van der Waals surface area contributed by atoms with Gasteiger partial charge in [-0.25, -0.2) is 0 Å². The predicted octanol–water partition coefficient (Wildman–Crippen LogP) is 7.26. The van der Waals surface area contributed by atoms with Crippen molar-refractivity contribution in [3.8, 4) is 22.6 Å². The van der Waals surface area contributed by atoms with E-state index in [4.69, 9.17) is 14.2 Å². The van der Waals surface area contributed by atoms with Gasteiger partial charge < -0.3 is 14.2 Å². The number of hydrogen-bond acceptors (Lipinski definition) is 3. The highest BCUT2D eigenvalue weighted by molar-refractivity contribution is 9.11. The van der Waals surface area contributed by atoms with E-state index in [1.807, 2.05) is 30.3 Å². The van der Waals surface area contributed by atoms with Crippen LogP contribution < -0.4 is 9.47 Å². The van der Waals surface area contributed by atoms with E-state index >= 15 is 0 Å². The first-order valence-electron chi connectivity index (χ1n) is 10.2. The van der Waals surface area contributed by atoms with Crippen molar-refractivity contribution in [3.05, 3.63) is 81.2 Å². The summed E-state index contributed by atoms with van der Waals surface area (Å²) in [6.07, 6.45) is 2.12. The predicted molar refractivity (Wildman–Crippen MR) is 127 cm³/mol. The van der Waals surface area contributed by atoms with E-state index in [1.54, 1.807) is 0 Å². The molecule has 30 heavy (non-hydrogen) atoms. The Bertz CT molecular complexity index is 929. The lowest BCUT2D eigenvalue weighted by Gasteiger charge is -2.23. The first-order chi connectivity index (χ1) is 14.7. The minimum absolute atomic E-state index is 0.556. The van der Waals surface area contributed by atoms with Gasteiger partial charge in [0, 0.05) is 13.2 Å². The average molecular weight is 532 g/mol. The van der Waals surface area contributed by atoms with Crippen LogP contribution in [0.2, 0.25) is 0 Å². The van der Waals surface area contributed by atoms with Crippen LogP contribution in [-0.4, -0.2) is 19.8 Å². The lowest BCUT2D eigenvalue weighted by atomic mass is 10.0. The monoisotopic (exact) mass is 530 g/mol. The lowest BCUT2D eigenvalue weighted by Crippen LogP contribution is -2.21. The molecule has 1 fully saturated rings. The smallest absolute Gasteiger partial charge is 0.147 e. The molecule has 0 unspecified atom stereocenters. The standard InChI is InChI=1S/C25H24Br2O3/c26-23-14-21(15-24(27)25(23)30-17-19-10-12-28-13-11-19)20-6-8-22(9-7-20)29-16-18-4-2-1-3-5-18/h1-9,14-15,19H,10-13,16-17H2. The summed E-state index contributed by atoms with van der Waals surface area (Å²) in [5.41, 5.74) is 3.40. The second kappa shape index (κ2) is 10.5. The lowest BCUT2D eigenvalue weighted by molar-refractivity contribution is 0.0495. The second-order valence-corrected chi connectivity index (χ2v) is 9.14. The Morgan fingerprint density at radius 1 is 0.800 bits per heavy atom. The number of rotatable bonds is 7. The molecule has 4 rings (SSSR count). The summed E-state index contributed by atoms with van der Waals surface area (Å²) in [4.78, 5) is 0. The Balaban J connectivity index is 1.40. The third kappa shape index (κ3) is 5.65. The zero-order valence-corrected chi connectivity index (χ0v) is 19.8. The summed E-state index contributed by atoms with van der Waals surface area (Å²) < 4.78 is 19.3. The summed E-state index contributed by atoms with van der Waals surface area (Å²) in [7, 11) is 0. The van der Waals surface area contributed by atoms with Crippen LogP contribution in [0.5, 0.6) is 11.5 Å². The normalized spacial score (nSPS) is 14.5. The van der Waals surface area contributed by atoms with Gasteiger partial charge in [0.2, 0.25) is 0 Å². The van der Waals surface area contributed by atoms with Crippen LogP contribution in [-0.2, 0) is 11.3 Å². The molecule has 5 heteroatoms. The molecule has 0 atom stereocenters. The minimum atomic E-state index is 0.556. The summed E-state index contributed by atoms with van der Waals surface area (Å²) in [5.74, 6) is 2.27. The molecule has 0 aromatic heterocycles. The number of ether oxygens (including phenoxy) is 3. The minimum Gasteiger partial charge on any atom is -0.491 e. The third-order valence-corrected chi connectivity index (χ3v) is 6.42. The number of hydrogen-bond donors (Lipinski definition) is 0. The highest BCUT2D eigenvalue weighted by Crippen LogP contribution is 2.38. The quantitative estimate of drug-likeness (QED) is 0.321. The number of halogens is 2. The summed E-state index contributed by atoms with van der Waals surface area (Å²) in [6.45, 7) is 2.95. The molecule has 0 aliphatic carbocycles. The Kier molecular flexibility index (Phi) is 7.47. The maximum absolute atomic E-state index is 6.12. The Labute approximate surface area is 194 Å². The molecule has 0 bridgehead atoms. The van der Waals surface area contributed by atoms with Crippen molar-refractivity contribution < 1.29 is 14.2 Å². The van der Waals surface area contributed by atoms with Gasteiger partial charge in [-0.1, -0.05) is 42.5 Å². The molecule has 1 heterocycles. The van der Waals surface area contributed by atoms with Gasteiger partial charge in [0.1, 0.15) is 18.1 Å². The van der Waals surface area contributed by atoms with Crippen molar-refractivity contribution in [1.82, 2.24) is 0 Å². The maximum atomic E-state index is 6.12. The van der Waals surface area contributed by atoms with E-state index in [0.717, 1.165) is 63.2 Å². The average Bonchev–Trinajstić information content (AvgIpc) is 2.79. The molecule has 0 spiro atoms. The molecule has 3 aromatic carbocycles. The molecule has 1 saturated heterocycles. The van der Waals surface area contributed by atoms with Crippen molar-refractivity contribution in [1.29, 1.82) is 0 Å². The van der Waals surface area contributed by atoms with Crippen LogP contribution in [0.1, 0.15) is 18.4 Å². The fraction of sp³-hybridized carbons (Fsp3) is 0.280. The molecule has 3 aromatic rings. The highest BCUT2D eigenvalue weighted by Gasteiger charge is 2.17. The van der Waals surface area contributed by atoms with Gasteiger partial charge in [-0.3, -0.25) is 0 Å². The fourth-order valence-electron chi connectivity index (χ4n) is 3.46. The van der Waals surface area contributed by atoms with Gasteiger partial charge in [-0.15, -0.1) is 0 Å². The second-order valence-electron chi connectivity index (χ2n) is 7.43. The van der Waals surface area contributed by atoms with Crippen molar-refractivity contribution in [2.75, 3.05) is 19.8 Å². The summed E-state index contributed by atoms with van der Waals surface area (Å²) in [6, 6.07) is 22.6. The molecule has 3 nitrogen and oxygen atoms in total. The van der Waals surface area contributed by atoms with Crippen molar-refractivity contribution in [3.63, 3.8) is 0 Å². The first-order valence-corrected chi connectivity index (χ1v) is 11.7. The van der Waals surface area contributed by atoms with E-state index in [1.165, 1.54) is 0 Å². The van der Waals surface area contributed by atoms with Crippen molar-refractivity contribution in [2.45, 2.75) is 19.4 Å². The fourth-order valence-corrected chi connectivity index (χ4v) is 4.88. The van der Waals surface area contributed by atoms with Crippen molar-refractivity contribution >= 4 is 31.9 Å². The van der Waals surface area contributed by atoms with Crippen LogP contribution in [0.4, 0.5) is 0 Å². The van der Waals surface area contributed by atoms with E-state index in [2.05, 4.69) is 68.3 Å². The molecule has 0 radical (unpaired) electrons. The third-order valence-electron chi connectivity index (χ3n) is 5.24. The molecular weight excluding hydrogens is 508 g/mol. The molecule has 0 N–H and O–H groups in total. The Hall–Kier alpha value is -1.82. The largest absolute Gasteiger partial charge is 0.491 e. The zero-order chi connectivity index (χ0) is 20.8. The Morgan fingerprint density at radius 3 is 2.13 bits per heavy atom. The van der Waals surface area contributed by atoms with E-state index < -0.39 is 0 Å². The van der Waals surface area contributed by atoms with Gasteiger partial charge in [0.25, 0.3) is 0 Å². The topological polar surface area (TPSA) is 27.7 Å². The van der Waals surface area contributed by atoms with E-state index in [9.17, 15) is 0 Å². The Morgan fingerprint density at radius 2 is 1.47 bits per heavy atom. The van der Waals surface area contributed by atoms with Crippen LogP contribution in [0.3, 0.4) is 0 Å². The van der Waals surface area contributed by atoms with Crippen molar-refractivity contribution in [2.24, 2.45) is 5.92 Å². The van der Waals surface area contributed by atoms with E-state index in [-0.39, 0.29) is 0 Å². The van der Waals surface area contributed by atoms with Gasteiger partial charge >= 0.3 is 0 Å². The first kappa shape index (κ1) is 21.4. The molecule has 1 aliphatic heterocycles. The van der Waals surface area contributed by atoms with Gasteiger partial charge in [-0.05, 0) is 91.6 Å². The molecule has 1 aliphatic rings. The zero-order valence-electron chi connectivity index (χ0n) is 16.7. The molecular formula is C25H24Br2O3. The molecule has 156 valence electrons. The summed E-state index contributed by atoms with van der Waals surface area (Å²) in [5, 5.41) is 0. The van der Waals surface area contributed by atoms with Crippen LogP contribution in [0.25, 0.3) is 11.1 Å². The maximum Gasteiger partial charge on any atom is 0.147 e. The van der Waals surface area contributed by atoms with Crippen LogP contribution in [0, 0.1) is 5.92 Å². The molecule has 0 amide bonds. The number of benzene rings is 3.